The topological polar surface area (TPSA) is 89.4 Å². The van der Waals surface area contributed by atoms with Gasteiger partial charge in [0.2, 0.25) is 10.0 Å². The Morgan fingerprint density at radius 1 is 1.41 bits per heavy atom. The van der Waals surface area contributed by atoms with E-state index in [0.29, 0.717) is 18.7 Å². The van der Waals surface area contributed by atoms with Crippen molar-refractivity contribution in [2.45, 2.75) is 37.5 Å². The Hall–Kier alpha value is -1.08. The van der Waals surface area contributed by atoms with Crippen molar-refractivity contribution in [2.24, 2.45) is 0 Å². The molecule has 0 amide bonds. The van der Waals surface area contributed by atoms with Gasteiger partial charge in [-0.3, -0.25) is 0 Å². The molecule has 3 rings (SSSR count). The Morgan fingerprint density at radius 3 is 2.82 bits per heavy atom. The number of hydrogen-bond acceptors (Lipinski definition) is 5. The minimum Gasteiger partial charge on any atom is -0.427 e. The summed E-state index contributed by atoms with van der Waals surface area (Å²) < 4.78 is 31.2. The van der Waals surface area contributed by atoms with E-state index in [4.69, 9.17) is 10.2 Å². The lowest BCUT2D eigenvalue weighted by molar-refractivity contribution is 0.331. The van der Waals surface area contributed by atoms with Crippen LogP contribution in [0.5, 0.6) is 0 Å². The number of sulfonamides is 1. The van der Waals surface area contributed by atoms with E-state index >= 15 is 0 Å². The second-order valence-corrected chi connectivity index (χ2v) is 6.82. The maximum Gasteiger partial charge on any atom is 0.292 e. The summed E-state index contributed by atoms with van der Waals surface area (Å²) >= 11 is 0. The molecule has 2 N–H and O–H groups in total. The molecule has 1 aliphatic heterocycles. The highest BCUT2D eigenvalue weighted by atomic mass is 32.2. The number of nitrogen functional groups attached to an aromatic ring is 1. The molecule has 1 saturated carbocycles. The molecule has 94 valence electrons. The van der Waals surface area contributed by atoms with E-state index < -0.39 is 10.0 Å². The van der Waals surface area contributed by atoms with Crippen LogP contribution in [0.1, 0.15) is 30.7 Å². The van der Waals surface area contributed by atoms with Crippen LogP contribution in [-0.4, -0.2) is 29.5 Å². The predicted octanol–water partition coefficient (Wildman–Crippen LogP) is 0.497. The fourth-order valence-electron chi connectivity index (χ4n) is 2.29. The highest BCUT2D eigenvalue weighted by Gasteiger charge is 2.38. The zero-order valence-corrected chi connectivity index (χ0v) is 10.2. The molecule has 1 aromatic rings. The Labute approximate surface area is 99.8 Å². The van der Waals surface area contributed by atoms with Crippen molar-refractivity contribution in [3.63, 3.8) is 0 Å². The van der Waals surface area contributed by atoms with E-state index in [0.717, 1.165) is 25.0 Å². The van der Waals surface area contributed by atoms with Gasteiger partial charge in [-0.1, -0.05) is 6.42 Å². The zero-order valence-electron chi connectivity index (χ0n) is 9.42. The number of nitrogens with two attached hydrogens (primary N) is 1. The van der Waals surface area contributed by atoms with Crippen molar-refractivity contribution >= 4 is 16.0 Å². The van der Waals surface area contributed by atoms with Crippen LogP contribution < -0.4 is 5.73 Å². The average molecular weight is 257 g/mol. The van der Waals surface area contributed by atoms with Gasteiger partial charge in [-0.2, -0.15) is 9.29 Å². The van der Waals surface area contributed by atoms with Gasteiger partial charge in [-0.05, 0) is 12.8 Å². The van der Waals surface area contributed by atoms with Crippen molar-refractivity contribution in [3.05, 3.63) is 11.5 Å². The summed E-state index contributed by atoms with van der Waals surface area (Å²) in [6, 6.07) is 0.123. The summed E-state index contributed by atoms with van der Waals surface area (Å²) in [5.74, 6) is 0.594. The van der Waals surface area contributed by atoms with Gasteiger partial charge in [0.25, 0.3) is 6.01 Å². The first-order valence-electron chi connectivity index (χ1n) is 5.80. The van der Waals surface area contributed by atoms with Crippen LogP contribution in [0.3, 0.4) is 0 Å². The quantitative estimate of drug-likeness (QED) is 0.833. The fourth-order valence-corrected chi connectivity index (χ4v) is 4.28. The molecule has 0 aromatic carbocycles. The third-order valence-corrected chi connectivity index (χ3v) is 5.89. The minimum absolute atomic E-state index is 0.123. The van der Waals surface area contributed by atoms with Crippen LogP contribution >= 0.6 is 0 Å². The highest BCUT2D eigenvalue weighted by Crippen LogP contribution is 2.31. The zero-order chi connectivity index (χ0) is 12.0. The number of aromatic nitrogens is 1. The van der Waals surface area contributed by atoms with E-state index in [-0.39, 0.29) is 17.8 Å². The molecule has 0 saturated heterocycles. The average Bonchev–Trinajstić information content (AvgIpc) is 2.52. The summed E-state index contributed by atoms with van der Waals surface area (Å²) in [5, 5.41) is -0.190. The number of anilines is 1. The minimum atomic E-state index is -3.15. The van der Waals surface area contributed by atoms with Crippen molar-refractivity contribution in [3.8, 4) is 0 Å². The van der Waals surface area contributed by atoms with Gasteiger partial charge in [-0.15, -0.1) is 0 Å². The molecule has 2 aliphatic rings. The van der Waals surface area contributed by atoms with Gasteiger partial charge >= 0.3 is 0 Å². The van der Waals surface area contributed by atoms with Crippen LogP contribution in [-0.2, 0) is 23.0 Å². The van der Waals surface area contributed by atoms with Gasteiger partial charge < -0.3 is 10.2 Å². The Kier molecular flexibility index (Phi) is 2.41. The van der Waals surface area contributed by atoms with Crippen molar-refractivity contribution in [2.75, 3.05) is 12.3 Å². The Morgan fingerprint density at radius 2 is 2.18 bits per heavy atom. The van der Waals surface area contributed by atoms with Crippen LogP contribution in [0.2, 0.25) is 0 Å². The standard InChI is InChI=1S/C10H15N3O3S/c11-10-12-8-4-5-13(6-9(8)16-10)17(14,15)7-2-1-3-7/h7H,1-6H2,(H2,11,12). The van der Waals surface area contributed by atoms with E-state index in [2.05, 4.69) is 4.98 Å². The molecule has 1 aromatic heterocycles. The summed E-state index contributed by atoms with van der Waals surface area (Å²) in [4.78, 5) is 4.04. The number of fused-ring (bicyclic) bond motifs is 1. The first kappa shape index (κ1) is 11.0. The maximum absolute atomic E-state index is 12.2. The van der Waals surface area contributed by atoms with Crippen LogP contribution in [0, 0.1) is 0 Å². The fraction of sp³-hybridized carbons (Fsp3) is 0.700. The third kappa shape index (κ3) is 1.73. The second-order valence-electron chi connectivity index (χ2n) is 4.60. The number of nitrogens with zero attached hydrogens (tertiary/aromatic N) is 2. The van der Waals surface area contributed by atoms with Crippen LogP contribution in [0.15, 0.2) is 4.42 Å². The van der Waals surface area contributed by atoms with Gasteiger partial charge in [0.05, 0.1) is 17.5 Å². The summed E-state index contributed by atoms with van der Waals surface area (Å²) in [6.45, 7) is 0.760. The number of oxazole rings is 1. The largest absolute Gasteiger partial charge is 0.427 e. The molecule has 6 nitrogen and oxygen atoms in total. The van der Waals surface area contributed by atoms with E-state index in [1.54, 1.807) is 0 Å². The van der Waals surface area contributed by atoms with Crippen molar-refractivity contribution in [1.82, 2.24) is 9.29 Å². The lowest BCUT2D eigenvalue weighted by Gasteiger charge is -2.33. The molecule has 0 radical (unpaired) electrons. The van der Waals surface area contributed by atoms with E-state index in [1.807, 2.05) is 0 Å². The lowest BCUT2D eigenvalue weighted by Crippen LogP contribution is -2.44. The third-order valence-electron chi connectivity index (χ3n) is 3.55. The molecule has 0 unspecified atom stereocenters. The maximum atomic E-state index is 12.2. The second kappa shape index (κ2) is 3.71. The van der Waals surface area contributed by atoms with E-state index in [1.165, 1.54) is 4.31 Å². The van der Waals surface area contributed by atoms with Crippen molar-refractivity contribution < 1.29 is 12.8 Å². The van der Waals surface area contributed by atoms with Crippen LogP contribution in [0.25, 0.3) is 0 Å². The first-order chi connectivity index (χ1) is 8.07. The van der Waals surface area contributed by atoms with Gasteiger partial charge in [0, 0.05) is 13.0 Å². The first-order valence-corrected chi connectivity index (χ1v) is 7.31. The molecule has 17 heavy (non-hydrogen) atoms. The smallest absolute Gasteiger partial charge is 0.292 e. The molecule has 1 aliphatic carbocycles. The molecule has 2 heterocycles. The molecule has 7 heteroatoms. The molecule has 0 bridgehead atoms. The van der Waals surface area contributed by atoms with E-state index in [9.17, 15) is 8.42 Å². The summed E-state index contributed by atoms with van der Waals surface area (Å²) in [6.07, 6.45) is 3.16. The lowest BCUT2D eigenvalue weighted by atomic mass is 10.0. The molecule has 0 spiro atoms. The monoisotopic (exact) mass is 257 g/mol. The highest BCUT2D eigenvalue weighted by molar-refractivity contribution is 7.89. The number of hydrogen-bond donors (Lipinski definition) is 1. The van der Waals surface area contributed by atoms with Gasteiger partial charge in [0.15, 0.2) is 0 Å². The van der Waals surface area contributed by atoms with Crippen molar-refractivity contribution in [1.29, 1.82) is 0 Å². The summed E-state index contributed by atoms with van der Waals surface area (Å²) in [5.41, 5.74) is 6.26. The Bertz CT molecular complexity index is 533. The predicted molar refractivity (Wildman–Crippen MR) is 61.6 cm³/mol. The van der Waals surface area contributed by atoms with Crippen LogP contribution in [0.4, 0.5) is 6.01 Å². The van der Waals surface area contributed by atoms with Gasteiger partial charge in [0.1, 0.15) is 5.76 Å². The molecular formula is C10H15N3O3S. The molecular weight excluding hydrogens is 242 g/mol. The summed E-state index contributed by atoms with van der Waals surface area (Å²) in [7, 11) is -3.15. The SMILES string of the molecule is Nc1nc2c(o1)CN(S(=O)(=O)C1CCC1)CC2. The Balaban J connectivity index is 1.83. The molecule has 1 fully saturated rings. The van der Waals surface area contributed by atoms with Gasteiger partial charge in [-0.25, -0.2) is 8.42 Å². The normalized spacial score (nSPS) is 22.1. The number of rotatable bonds is 2. The molecule has 0 atom stereocenters.